The second-order valence-corrected chi connectivity index (χ2v) is 5.29. The van der Waals surface area contributed by atoms with Crippen molar-refractivity contribution in [1.82, 2.24) is 18.7 Å². The minimum Gasteiger partial charge on any atom is -0.370 e. The minimum absolute atomic E-state index is 0.135. The molecule has 8 nitrogen and oxygen atoms in total. The van der Waals surface area contributed by atoms with Crippen LogP contribution in [0.25, 0.3) is 11.2 Å². The van der Waals surface area contributed by atoms with E-state index in [4.69, 9.17) is 10.5 Å². The fourth-order valence-corrected chi connectivity index (χ4v) is 2.85. The van der Waals surface area contributed by atoms with E-state index in [-0.39, 0.29) is 17.4 Å². The van der Waals surface area contributed by atoms with Gasteiger partial charge in [-0.2, -0.15) is 0 Å². The van der Waals surface area contributed by atoms with E-state index < -0.39 is 0 Å². The van der Waals surface area contributed by atoms with Gasteiger partial charge in [0.2, 0.25) is 0 Å². The summed E-state index contributed by atoms with van der Waals surface area (Å²) >= 11 is 0. The number of fused-ring (bicyclic) bond motifs is 1. The maximum atomic E-state index is 12.4. The lowest BCUT2D eigenvalue weighted by molar-refractivity contribution is 0.102. The van der Waals surface area contributed by atoms with E-state index in [1.54, 1.807) is 11.6 Å². The van der Waals surface area contributed by atoms with Gasteiger partial charge in [0.25, 0.3) is 5.56 Å². The highest BCUT2D eigenvalue weighted by Crippen LogP contribution is 2.29. The summed E-state index contributed by atoms with van der Waals surface area (Å²) in [6, 6.07) is 0. The standard InChI is InChI=1S/C13H19N5O3/c1-16-11-9(12(19)17(2)13(16)20)18(6-5-14)10(15-11)8-4-3-7-21-8/h8H,3-7,14H2,1-2H3. The normalized spacial score (nSPS) is 18.7. The SMILES string of the molecule is Cn1c(=O)c2c(nc(C3CCCO3)n2CCN)n(C)c1=O. The minimum atomic E-state index is -0.385. The second-order valence-electron chi connectivity index (χ2n) is 5.29. The Kier molecular flexibility index (Phi) is 3.42. The molecule has 114 valence electrons. The van der Waals surface area contributed by atoms with Crippen molar-refractivity contribution in [3.63, 3.8) is 0 Å². The van der Waals surface area contributed by atoms with Crippen LogP contribution in [-0.4, -0.2) is 31.8 Å². The first kappa shape index (κ1) is 14.0. The van der Waals surface area contributed by atoms with Crippen molar-refractivity contribution in [2.45, 2.75) is 25.5 Å². The van der Waals surface area contributed by atoms with E-state index in [0.29, 0.717) is 36.7 Å². The van der Waals surface area contributed by atoms with Gasteiger partial charge in [-0.25, -0.2) is 9.78 Å². The lowest BCUT2D eigenvalue weighted by atomic mass is 10.2. The number of hydrogen-bond donors (Lipinski definition) is 1. The molecule has 8 heteroatoms. The summed E-state index contributed by atoms with van der Waals surface area (Å²) in [5, 5.41) is 0. The summed E-state index contributed by atoms with van der Waals surface area (Å²) in [4.78, 5) is 29.0. The Hall–Kier alpha value is -1.93. The number of ether oxygens (including phenoxy) is 1. The highest BCUT2D eigenvalue weighted by Gasteiger charge is 2.27. The monoisotopic (exact) mass is 293 g/mol. The smallest absolute Gasteiger partial charge is 0.332 e. The molecule has 0 radical (unpaired) electrons. The number of aryl methyl sites for hydroxylation is 1. The first-order valence-electron chi connectivity index (χ1n) is 7.04. The molecule has 3 heterocycles. The average Bonchev–Trinajstić information content (AvgIpc) is 3.10. The first-order valence-corrected chi connectivity index (χ1v) is 7.04. The molecule has 1 saturated heterocycles. The number of aromatic nitrogens is 4. The van der Waals surface area contributed by atoms with E-state index in [1.165, 1.54) is 11.6 Å². The van der Waals surface area contributed by atoms with Gasteiger partial charge in [0.15, 0.2) is 11.2 Å². The van der Waals surface area contributed by atoms with Gasteiger partial charge in [-0.05, 0) is 12.8 Å². The van der Waals surface area contributed by atoms with Crippen LogP contribution in [0, 0.1) is 0 Å². The van der Waals surface area contributed by atoms with Crippen molar-refractivity contribution >= 4 is 11.2 Å². The van der Waals surface area contributed by atoms with Crippen molar-refractivity contribution in [1.29, 1.82) is 0 Å². The van der Waals surface area contributed by atoms with Crippen LogP contribution in [0.3, 0.4) is 0 Å². The fourth-order valence-electron chi connectivity index (χ4n) is 2.85. The maximum absolute atomic E-state index is 12.4. The van der Waals surface area contributed by atoms with Gasteiger partial charge in [-0.1, -0.05) is 0 Å². The largest absolute Gasteiger partial charge is 0.370 e. The van der Waals surface area contributed by atoms with Crippen molar-refractivity contribution in [2.75, 3.05) is 13.2 Å². The van der Waals surface area contributed by atoms with Gasteiger partial charge in [-0.15, -0.1) is 0 Å². The molecule has 0 aromatic carbocycles. The average molecular weight is 293 g/mol. The molecule has 1 aliphatic heterocycles. The molecule has 0 bridgehead atoms. The zero-order valence-electron chi connectivity index (χ0n) is 12.2. The summed E-state index contributed by atoms with van der Waals surface area (Å²) < 4.78 is 9.96. The van der Waals surface area contributed by atoms with Crippen LogP contribution in [0.15, 0.2) is 9.59 Å². The lowest BCUT2D eigenvalue weighted by Gasteiger charge is -2.12. The van der Waals surface area contributed by atoms with Crippen LogP contribution < -0.4 is 17.0 Å². The van der Waals surface area contributed by atoms with Crippen molar-refractivity contribution in [2.24, 2.45) is 19.8 Å². The summed E-state index contributed by atoms with van der Waals surface area (Å²) in [5.41, 5.74) is 5.74. The Balaban J connectivity index is 2.37. The zero-order valence-corrected chi connectivity index (χ0v) is 12.2. The Labute approximate surface area is 120 Å². The molecule has 1 atom stereocenters. The molecule has 0 saturated carbocycles. The molecule has 2 aromatic heterocycles. The topological polar surface area (TPSA) is 97.1 Å². The van der Waals surface area contributed by atoms with E-state index in [0.717, 1.165) is 17.4 Å². The van der Waals surface area contributed by atoms with Gasteiger partial charge in [0.1, 0.15) is 11.9 Å². The quantitative estimate of drug-likeness (QED) is 0.802. The van der Waals surface area contributed by atoms with Crippen LogP contribution in [0.1, 0.15) is 24.8 Å². The van der Waals surface area contributed by atoms with Crippen LogP contribution in [-0.2, 0) is 25.4 Å². The summed E-state index contributed by atoms with van der Waals surface area (Å²) in [7, 11) is 3.08. The third kappa shape index (κ3) is 2.02. The molecule has 2 N–H and O–H groups in total. The third-order valence-corrected chi connectivity index (χ3v) is 3.95. The van der Waals surface area contributed by atoms with Crippen LogP contribution in [0.4, 0.5) is 0 Å². The van der Waals surface area contributed by atoms with Crippen LogP contribution >= 0.6 is 0 Å². The summed E-state index contributed by atoms with van der Waals surface area (Å²) in [6.45, 7) is 1.55. The number of rotatable bonds is 3. The highest BCUT2D eigenvalue weighted by atomic mass is 16.5. The Bertz CT molecular complexity index is 795. The molecule has 0 amide bonds. The number of imidazole rings is 1. The first-order chi connectivity index (χ1) is 10.1. The van der Waals surface area contributed by atoms with Gasteiger partial charge in [0, 0.05) is 33.8 Å². The summed E-state index contributed by atoms with van der Waals surface area (Å²) in [5.74, 6) is 0.686. The molecular weight excluding hydrogens is 274 g/mol. The predicted octanol–water partition coefficient (Wildman–Crippen LogP) is -0.756. The molecule has 1 unspecified atom stereocenters. The Morgan fingerprint density at radius 3 is 2.71 bits per heavy atom. The van der Waals surface area contributed by atoms with Crippen LogP contribution in [0.2, 0.25) is 0 Å². The molecule has 21 heavy (non-hydrogen) atoms. The molecule has 0 aliphatic carbocycles. The molecule has 1 aliphatic rings. The van der Waals surface area contributed by atoms with Crippen molar-refractivity contribution < 1.29 is 4.74 Å². The van der Waals surface area contributed by atoms with Crippen molar-refractivity contribution in [3.8, 4) is 0 Å². The highest BCUT2D eigenvalue weighted by molar-refractivity contribution is 5.71. The molecule has 2 aromatic rings. The second kappa shape index (κ2) is 5.12. The van der Waals surface area contributed by atoms with Gasteiger partial charge >= 0.3 is 5.69 Å². The lowest BCUT2D eigenvalue weighted by Crippen LogP contribution is -2.37. The third-order valence-electron chi connectivity index (χ3n) is 3.95. The fraction of sp³-hybridized carbons (Fsp3) is 0.615. The number of nitrogens with two attached hydrogens (primary N) is 1. The maximum Gasteiger partial charge on any atom is 0.332 e. The van der Waals surface area contributed by atoms with Crippen LogP contribution in [0.5, 0.6) is 0 Å². The molecule has 3 rings (SSSR count). The Morgan fingerprint density at radius 1 is 1.33 bits per heavy atom. The zero-order chi connectivity index (χ0) is 15.1. The van der Waals surface area contributed by atoms with Gasteiger partial charge < -0.3 is 15.0 Å². The molecule has 1 fully saturated rings. The molecule has 0 spiro atoms. The van der Waals surface area contributed by atoms with E-state index in [1.807, 2.05) is 0 Å². The molecular formula is C13H19N5O3. The van der Waals surface area contributed by atoms with E-state index in [9.17, 15) is 9.59 Å². The number of nitrogens with zero attached hydrogens (tertiary/aromatic N) is 4. The van der Waals surface area contributed by atoms with E-state index >= 15 is 0 Å². The van der Waals surface area contributed by atoms with Gasteiger partial charge in [-0.3, -0.25) is 13.9 Å². The summed E-state index contributed by atoms with van der Waals surface area (Å²) in [6.07, 6.45) is 1.69. The van der Waals surface area contributed by atoms with E-state index in [2.05, 4.69) is 4.98 Å². The van der Waals surface area contributed by atoms with Gasteiger partial charge in [0.05, 0.1) is 0 Å². The number of hydrogen-bond acceptors (Lipinski definition) is 5. The van der Waals surface area contributed by atoms with Crippen molar-refractivity contribution in [3.05, 3.63) is 26.7 Å². The Morgan fingerprint density at radius 2 is 2.10 bits per heavy atom. The predicted molar refractivity (Wildman–Crippen MR) is 77.2 cm³/mol.